The average molecular weight is 738 g/mol. The van der Waals surface area contributed by atoms with Crippen molar-refractivity contribution in [2.45, 2.75) is 171 Å². The van der Waals surface area contributed by atoms with E-state index >= 15 is 0 Å². The van der Waals surface area contributed by atoms with Gasteiger partial charge in [0.1, 0.15) is 30.2 Å². The first-order valence-corrected chi connectivity index (χ1v) is 19.3. The Hall–Kier alpha value is -3.71. The molecule has 0 heterocycles. The number of carbonyl (C=O) groups is 7. The van der Waals surface area contributed by atoms with Crippen molar-refractivity contribution >= 4 is 41.4 Å². The minimum atomic E-state index is -1.01. The third kappa shape index (κ3) is 20.4. The molecule has 0 rings (SSSR count). The zero-order valence-corrected chi connectivity index (χ0v) is 34.0. The molecule has 0 saturated heterocycles. The Balaban J connectivity index is 5.74. The molecule has 0 spiro atoms. The molecule has 14 heteroatoms. The van der Waals surface area contributed by atoms with Crippen molar-refractivity contribution in [3.8, 4) is 0 Å². The van der Waals surface area contributed by atoms with Crippen LogP contribution in [0.25, 0.3) is 0 Å². The van der Waals surface area contributed by atoms with Gasteiger partial charge in [-0.2, -0.15) is 0 Å². The van der Waals surface area contributed by atoms with E-state index in [2.05, 4.69) is 51.1 Å². The van der Waals surface area contributed by atoms with Crippen molar-refractivity contribution in [2.75, 3.05) is 6.54 Å². The molecule has 7 N–H and O–H groups in total. The number of carbonyl (C=O) groups excluding carboxylic acids is 7. The monoisotopic (exact) mass is 738 g/mol. The Morgan fingerprint density at radius 2 is 0.750 bits per heavy atom. The molecule has 0 aromatic rings. The largest absolute Gasteiger partial charge is 0.352 e. The molecule has 0 fully saturated rings. The first kappa shape index (κ1) is 48.3. The van der Waals surface area contributed by atoms with Crippen LogP contribution in [0.4, 0.5) is 0 Å². The predicted octanol–water partition coefficient (Wildman–Crippen LogP) is 2.84. The first-order valence-electron chi connectivity index (χ1n) is 19.3. The van der Waals surface area contributed by atoms with Gasteiger partial charge in [0.05, 0.1) is 6.54 Å². The van der Waals surface area contributed by atoms with Gasteiger partial charge in [0.2, 0.25) is 41.4 Å². The van der Waals surface area contributed by atoms with E-state index in [9.17, 15) is 33.6 Å². The molecule has 14 nitrogen and oxygen atoms in total. The molecule has 0 aliphatic rings. The van der Waals surface area contributed by atoms with Crippen LogP contribution in [0, 0.1) is 23.7 Å². The van der Waals surface area contributed by atoms with E-state index in [1.54, 1.807) is 13.8 Å². The van der Waals surface area contributed by atoms with Gasteiger partial charge in [-0.15, -0.1) is 0 Å². The molecule has 52 heavy (non-hydrogen) atoms. The highest BCUT2D eigenvalue weighted by Gasteiger charge is 2.32. The molecule has 0 aromatic carbocycles. The standard InChI is InChI=1S/C38H71N7O7/c1-13-16-32(46)41-27(14-2)34(48)39-21-33(47)42-29(18-23(6)7)37(51)45-31(20-25(10)11)38(52)43-28(15-3)35(49)44-30(19-24(8)9)36(50)40-26(12)17-22(4)5/h22-31H,13-21H2,1-12H3,(H,39,48)(H,40,50)(H,41,46)(H,42,47)(H,43,52)(H,44,49)(H,45,51)/t26-,27+,28+,29+,30+,31+/m1/s1. The Morgan fingerprint density at radius 3 is 1.15 bits per heavy atom. The molecule has 6 atom stereocenters. The van der Waals surface area contributed by atoms with Crippen LogP contribution in [0.1, 0.15) is 134 Å². The summed E-state index contributed by atoms with van der Waals surface area (Å²) in [5.41, 5.74) is 0. The van der Waals surface area contributed by atoms with Crippen LogP contribution in [0.3, 0.4) is 0 Å². The Bertz CT molecular complexity index is 1160. The third-order valence-corrected chi connectivity index (χ3v) is 8.25. The summed E-state index contributed by atoms with van der Waals surface area (Å²) in [6.45, 7) is 22.5. The summed E-state index contributed by atoms with van der Waals surface area (Å²) in [7, 11) is 0. The maximum atomic E-state index is 13.6. The average Bonchev–Trinajstić information content (AvgIpc) is 3.02. The van der Waals surface area contributed by atoms with Crippen LogP contribution in [-0.2, 0) is 33.6 Å². The van der Waals surface area contributed by atoms with Gasteiger partial charge in [-0.05, 0) is 75.5 Å². The molecule has 0 radical (unpaired) electrons. The minimum absolute atomic E-state index is 0.00113. The summed E-state index contributed by atoms with van der Waals surface area (Å²) in [6, 6.07) is -4.61. The van der Waals surface area contributed by atoms with E-state index < -0.39 is 66.3 Å². The number of hydrogen-bond donors (Lipinski definition) is 7. The van der Waals surface area contributed by atoms with E-state index in [1.807, 2.05) is 55.4 Å². The fraction of sp³-hybridized carbons (Fsp3) is 0.816. The lowest BCUT2D eigenvalue weighted by Crippen LogP contribution is -2.59. The summed E-state index contributed by atoms with van der Waals surface area (Å²) in [6.07, 6.45) is 3.26. The molecule has 0 aromatic heterocycles. The number of rotatable bonds is 25. The number of nitrogens with one attached hydrogen (secondary N) is 7. The van der Waals surface area contributed by atoms with Crippen LogP contribution in [0.5, 0.6) is 0 Å². The van der Waals surface area contributed by atoms with Crippen molar-refractivity contribution in [1.82, 2.24) is 37.2 Å². The Morgan fingerprint density at radius 1 is 0.404 bits per heavy atom. The second-order valence-corrected chi connectivity index (χ2v) is 15.6. The van der Waals surface area contributed by atoms with Crippen LogP contribution in [0.2, 0.25) is 0 Å². The van der Waals surface area contributed by atoms with Gasteiger partial charge in [0.25, 0.3) is 0 Å². The van der Waals surface area contributed by atoms with E-state index in [-0.39, 0.29) is 61.3 Å². The van der Waals surface area contributed by atoms with E-state index in [0.29, 0.717) is 25.2 Å². The lowest BCUT2D eigenvalue weighted by Gasteiger charge is -2.28. The molecular formula is C38H71N7O7. The molecule has 300 valence electrons. The minimum Gasteiger partial charge on any atom is -0.352 e. The van der Waals surface area contributed by atoms with Crippen LogP contribution in [0.15, 0.2) is 0 Å². The van der Waals surface area contributed by atoms with Gasteiger partial charge in [-0.25, -0.2) is 0 Å². The van der Waals surface area contributed by atoms with Gasteiger partial charge in [0.15, 0.2) is 0 Å². The van der Waals surface area contributed by atoms with Gasteiger partial charge >= 0.3 is 0 Å². The normalized spacial score (nSPS) is 14.8. The maximum absolute atomic E-state index is 13.6. The van der Waals surface area contributed by atoms with Crippen molar-refractivity contribution in [1.29, 1.82) is 0 Å². The van der Waals surface area contributed by atoms with Gasteiger partial charge in [-0.3, -0.25) is 33.6 Å². The lowest BCUT2D eigenvalue weighted by molar-refractivity contribution is -0.135. The van der Waals surface area contributed by atoms with Crippen molar-refractivity contribution in [3.63, 3.8) is 0 Å². The van der Waals surface area contributed by atoms with E-state index in [4.69, 9.17) is 0 Å². The molecule has 7 amide bonds. The summed E-state index contributed by atoms with van der Waals surface area (Å²) in [5.74, 6) is -2.76. The van der Waals surface area contributed by atoms with E-state index in [1.165, 1.54) is 0 Å². The van der Waals surface area contributed by atoms with Crippen molar-refractivity contribution < 1.29 is 33.6 Å². The second kappa shape index (κ2) is 25.3. The van der Waals surface area contributed by atoms with Crippen molar-refractivity contribution in [3.05, 3.63) is 0 Å². The summed E-state index contributed by atoms with van der Waals surface area (Å²) in [5, 5.41) is 19.2. The Kier molecular flexibility index (Phi) is 23.5. The quantitative estimate of drug-likeness (QED) is 0.0746. The Labute approximate surface area is 312 Å². The zero-order chi connectivity index (χ0) is 40.1. The molecule has 0 aliphatic carbocycles. The molecule has 0 unspecified atom stereocenters. The summed E-state index contributed by atoms with van der Waals surface area (Å²) >= 11 is 0. The highest BCUT2D eigenvalue weighted by Crippen LogP contribution is 2.11. The number of hydrogen-bond acceptors (Lipinski definition) is 7. The summed E-state index contributed by atoms with van der Waals surface area (Å²) in [4.78, 5) is 91.3. The highest BCUT2D eigenvalue weighted by atomic mass is 16.2. The lowest BCUT2D eigenvalue weighted by atomic mass is 9.99. The highest BCUT2D eigenvalue weighted by molar-refractivity contribution is 5.96. The smallest absolute Gasteiger partial charge is 0.243 e. The fourth-order valence-electron chi connectivity index (χ4n) is 5.77. The molecule has 0 aliphatic heterocycles. The van der Waals surface area contributed by atoms with Gasteiger partial charge < -0.3 is 37.2 Å². The third-order valence-electron chi connectivity index (χ3n) is 8.25. The number of amides is 7. The van der Waals surface area contributed by atoms with Crippen LogP contribution < -0.4 is 37.2 Å². The second-order valence-electron chi connectivity index (χ2n) is 15.6. The van der Waals surface area contributed by atoms with Crippen LogP contribution in [-0.4, -0.2) is 84.1 Å². The predicted molar refractivity (Wildman–Crippen MR) is 204 cm³/mol. The van der Waals surface area contributed by atoms with Crippen LogP contribution >= 0.6 is 0 Å². The zero-order valence-electron chi connectivity index (χ0n) is 34.0. The van der Waals surface area contributed by atoms with E-state index in [0.717, 1.165) is 6.42 Å². The maximum Gasteiger partial charge on any atom is 0.243 e. The molecular weight excluding hydrogens is 666 g/mol. The fourth-order valence-corrected chi connectivity index (χ4v) is 5.77. The topological polar surface area (TPSA) is 204 Å². The SMILES string of the molecule is CCCC(=O)N[C@@H](CC)C(=O)NCC(=O)N[C@@H](CC(C)C)C(=O)N[C@@H](CC(C)C)C(=O)N[C@@H](CC)C(=O)N[C@@H](CC(C)C)C(=O)N[C@H](C)CC(C)C. The van der Waals surface area contributed by atoms with Gasteiger partial charge in [-0.1, -0.05) is 76.2 Å². The first-order chi connectivity index (χ1) is 24.2. The summed E-state index contributed by atoms with van der Waals surface area (Å²) < 4.78 is 0. The van der Waals surface area contributed by atoms with Crippen molar-refractivity contribution in [2.24, 2.45) is 23.7 Å². The van der Waals surface area contributed by atoms with Gasteiger partial charge in [0, 0.05) is 12.5 Å². The molecule has 0 saturated carbocycles. The molecule has 0 bridgehead atoms.